The second-order valence-corrected chi connectivity index (χ2v) is 11.6. The van der Waals surface area contributed by atoms with Gasteiger partial charge in [0.2, 0.25) is 15.9 Å². The Kier molecular flexibility index (Phi) is 9.62. The molecule has 0 spiro atoms. The minimum atomic E-state index is -4.49. The number of rotatable bonds is 9. The number of hydrogen-bond donors (Lipinski definition) is 2. The Hall–Kier alpha value is -3.16. The second kappa shape index (κ2) is 12.3. The number of likely N-dealkylation sites (N-methyl/N-ethyl adjacent to an activating group) is 1. The van der Waals surface area contributed by atoms with Crippen molar-refractivity contribution in [1.82, 2.24) is 9.21 Å². The number of aliphatic hydroxyl groups is 1. The molecule has 0 aromatic heterocycles. The van der Waals surface area contributed by atoms with Crippen LogP contribution in [0.5, 0.6) is 5.75 Å². The number of nitrogens with one attached hydrogen (secondary N) is 1. The molecule has 9 nitrogen and oxygen atoms in total. The van der Waals surface area contributed by atoms with Crippen LogP contribution in [0.15, 0.2) is 53.4 Å². The molecule has 2 aromatic rings. The molecule has 214 valence electrons. The van der Waals surface area contributed by atoms with Crippen LogP contribution in [0.1, 0.15) is 37.0 Å². The van der Waals surface area contributed by atoms with Gasteiger partial charge < -0.3 is 20.1 Å². The van der Waals surface area contributed by atoms with Gasteiger partial charge in [0.15, 0.2) is 0 Å². The van der Waals surface area contributed by atoms with Crippen LogP contribution in [0, 0.1) is 5.92 Å². The fourth-order valence-corrected chi connectivity index (χ4v) is 5.33. The molecule has 3 rings (SSSR count). The monoisotopic (exact) mass is 571 g/mol. The summed E-state index contributed by atoms with van der Waals surface area (Å²) in [5.74, 6) is -1.61. The number of ether oxygens (including phenoxy) is 1. The van der Waals surface area contributed by atoms with Crippen molar-refractivity contribution in [3.8, 4) is 5.75 Å². The smallest absolute Gasteiger partial charge is 0.389 e. The maximum atomic E-state index is 13.5. The van der Waals surface area contributed by atoms with E-state index in [2.05, 4.69) is 5.32 Å². The molecule has 1 heterocycles. The van der Waals surface area contributed by atoms with E-state index in [1.807, 2.05) is 0 Å². The summed E-state index contributed by atoms with van der Waals surface area (Å²) in [6, 6.07) is 11.4. The Morgan fingerprint density at radius 1 is 1.23 bits per heavy atom. The highest BCUT2D eigenvalue weighted by Gasteiger charge is 2.35. The molecule has 2 amide bonds. The van der Waals surface area contributed by atoms with E-state index in [9.17, 15) is 36.3 Å². The van der Waals surface area contributed by atoms with Crippen LogP contribution in [-0.2, 0) is 14.8 Å². The number of benzene rings is 2. The van der Waals surface area contributed by atoms with Crippen molar-refractivity contribution in [3.05, 3.63) is 54.1 Å². The number of hydrogen-bond acceptors (Lipinski definition) is 6. The van der Waals surface area contributed by atoms with Crippen LogP contribution in [0.3, 0.4) is 0 Å². The average Bonchev–Trinajstić information content (AvgIpc) is 2.89. The van der Waals surface area contributed by atoms with Crippen molar-refractivity contribution >= 4 is 27.5 Å². The van der Waals surface area contributed by atoms with Crippen LogP contribution in [-0.4, -0.2) is 79.6 Å². The lowest BCUT2D eigenvalue weighted by Crippen LogP contribution is -2.50. The zero-order valence-electron chi connectivity index (χ0n) is 21.8. The lowest BCUT2D eigenvalue weighted by atomic mass is 9.99. The predicted octanol–water partition coefficient (Wildman–Crippen LogP) is 3.51. The van der Waals surface area contributed by atoms with Gasteiger partial charge >= 0.3 is 6.18 Å². The molecule has 0 saturated carbocycles. The van der Waals surface area contributed by atoms with Gasteiger partial charge in [0.05, 0.1) is 36.1 Å². The minimum Gasteiger partial charge on any atom is -0.488 e. The molecule has 0 aliphatic carbocycles. The number of alkyl halides is 3. The number of carbonyl (C=O) groups is 2. The lowest BCUT2D eigenvalue weighted by Gasteiger charge is -2.38. The Labute approximate surface area is 225 Å². The molecular weight excluding hydrogens is 539 g/mol. The summed E-state index contributed by atoms with van der Waals surface area (Å²) in [6.45, 7) is 3.19. The van der Waals surface area contributed by atoms with Gasteiger partial charge in [0.1, 0.15) is 11.9 Å². The van der Waals surface area contributed by atoms with E-state index in [0.717, 1.165) is 0 Å². The molecule has 13 heteroatoms. The Morgan fingerprint density at radius 2 is 1.90 bits per heavy atom. The van der Waals surface area contributed by atoms with Crippen LogP contribution >= 0.6 is 0 Å². The van der Waals surface area contributed by atoms with Gasteiger partial charge in [0, 0.05) is 31.6 Å². The van der Waals surface area contributed by atoms with Crippen LogP contribution in [0.2, 0.25) is 0 Å². The predicted molar refractivity (Wildman–Crippen MR) is 138 cm³/mol. The highest BCUT2D eigenvalue weighted by molar-refractivity contribution is 7.89. The summed E-state index contributed by atoms with van der Waals surface area (Å²) in [5.41, 5.74) is 0.123. The first-order chi connectivity index (χ1) is 18.2. The van der Waals surface area contributed by atoms with Gasteiger partial charge in [-0.05, 0) is 37.3 Å². The molecule has 39 heavy (non-hydrogen) atoms. The number of sulfonamides is 1. The number of aliphatic hydroxyl groups excluding tert-OH is 1. The van der Waals surface area contributed by atoms with Gasteiger partial charge in [-0.3, -0.25) is 9.59 Å². The second-order valence-electron chi connectivity index (χ2n) is 9.60. The minimum absolute atomic E-state index is 0.0226. The summed E-state index contributed by atoms with van der Waals surface area (Å²) in [6.07, 6.45) is -7.26. The van der Waals surface area contributed by atoms with Crippen molar-refractivity contribution in [3.63, 3.8) is 0 Å². The Balaban J connectivity index is 1.91. The molecule has 1 aliphatic rings. The molecule has 0 radical (unpaired) electrons. The van der Waals surface area contributed by atoms with Crippen molar-refractivity contribution < 1.29 is 41.0 Å². The van der Waals surface area contributed by atoms with Crippen LogP contribution < -0.4 is 10.1 Å². The SMILES string of the molecule is C[C@H]1CN([C@@H](C)CO)C(=O)c2cc(NC(=O)CCC(F)(F)F)ccc2O[C@H]1CN(C)S(=O)(=O)c1ccccc1. The first-order valence-electron chi connectivity index (χ1n) is 12.3. The molecule has 0 fully saturated rings. The Bertz CT molecular complexity index is 1270. The maximum absolute atomic E-state index is 13.5. The summed E-state index contributed by atoms with van der Waals surface area (Å²) in [7, 11) is -2.41. The fraction of sp³-hybridized carbons (Fsp3) is 0.462. The van der Waals surface area contributed by atoms with E-state index < -0.39 is 53.0 Å². The van der Waals surface area contributed by atoms with Gasteiger partial charge in [0.25, 0.3) is 5.91 Å². The summed E-state index contributed by atoms with van der Waals surface area (Å²) in [5, 5.41) is 12.1. The van der Waals surface area contributed by atoms with Gasteiger partial charge in [-0.2, -0.15) is 17.5 Å². The van der Waals surface area contributed by atoms with E-state index in [4.69, 9.17) is 4.74 Å². The molecule has 3 atom stereocenters. The zero-order valence-corrected chi connectivity index (χ0v) is 22.6. The molecule has 0 saturated heterocycles. The van der Waals surface area contributed by atoms with E-state index in [-0.39, 0.29) is 47.5 Å². The lowest BCUT2D eigenvalue weighted by molar-refractivity contribution is -0.142. The van der Waals surface area contributed by atoms with Gasteiger partial charge in [-0.25, -0.2) is 8.42 Å². The van der Waals surface area contributed by atoms with Crippen molar-refractivity contribution in [2.24, 2.45) is 5.92 Å². The van der Waals surface area contributed by atoms with Gasteiger partial charge in [-0.15, -0.1) is 0 Å². The van der Waals surface area contributed by atoms with E-state index >= 15 is 0 Å². The van der Waals surface area contributed by atoms with E-state index in [1.165, 1.54) is 46.6 Å². The number of halogens is 3. The zero-order chi connectivity index (χ0) is 29.0. The largest absolute Gasteiger partial charge is 0.488 e. The highest BCUT2D eigenvalue weighted by atomic mass is 32.2. The topological polar surface area (TPSA) is 116 Å². The highest BCUT2D eigenvalue weighted by Crippen LogP contribution is 2.31. The third kappa shape index (κ3) is 7.70. The first kappa shape index (κ1) is 30.4. The normalized spacial score (nSPS) is 19.1. The third-order valence-electron chi connectivity index (χ3n) is 6.47. The maximum Gasteiger partial charge on any atom is 0.389 e. The van der Waals surface area contributed by atoms with Crippen molar-refractivity contribution in [2.75, 3.05) is 32.1 Å². The average molecular weight is 572 g/mol. The molecular formula is C26H32F3N3O6S. The number of nitrogens with zero attached hydrogens (tertiary/aromatic N) is 2. The van der Waals surface area contributed by atoms with E-state index in [1.54, 1.807) is 32.0 Å². The number of anilines is 1. The summed E-state index contributed by atoms with van der Waals surface area (Å²) < 4.78 is 71.0. The standard InChI is InChI=1S/C26H32F3N3O6S/c1-17-14-32(18(2)16-33)25(35)21-13-19(30-24(34)11-12-26(27,28)29)9-10-22(21)38-23(17)15-31(3)39(36,37)20-7-5-4-6-8-20/h4-10,13,17-18,23,33H,11-12,14-16H2,1-3H3,(H,30,34)/t17-,18-,23-/m0/s1. The first-order valence-corrected chi connectivity index (χ1v) is 13.8. The molecule has 2 N–H and O–H groups in total. The quantitative estimate of drug-likeness (QED) is 0.476. The number of amides is 2. The molecule has 2 aromatic carbocycles. The fourth-order valence-electron chi connectivity index (χ4n) is 4.12. The number of fused-ring (bicyclic) bond motifs is 1. The molecule has 0 unspecified atom stereocenters. The summed E-state index contributed by atoms with van der Waals surface area (Å²) >= 11 is 0. The van der Waals surface area contributed by atoms with Gasteiger partial charge in [-0.1, -0.05) is 25.1 Å². The Morgan fingerprint density at radius 3 is 2.51 bits per heavy atom. The van der Waals surface area contributed by atoms with E-state index in [0.29, 0.717) is 0 Å². The number of carbonyl (C=O) groups excluding carboxylic acids is 2. The third-order valence-corrected chi connectivity index (χ3v) is 8.31. The van der Waals surface area contributed by atoms with Crippen molar-refractivity contribution in [2.45, 2.75) is 49.9 Å². The van der Waals surface area contributed by atoms with Crippen LogP contribution in [0.25, 0.3) is 0 Å². The molecule has 1 aliphatic heterocycles. The molecule has 0 bridgehead atoms. The summed E-state index contributed by atoms with van der Waals surface area (Å²) in [4.78, 5) is 27.1. The van der Waals surface area contributed by atoms with Crippen LogP contribution in [0.4, 0.5) is 18.9 Å². The van der Waals surface area contributed by atoms with Crippen molar-refractivity contribution in [1.29, 1.82) is 0 Å².